The zero-order valence-electron chi connectivity index (χ0n) is 15.6. The van der Waals surface area contributed by atoms with Crippen LogP contribution in [0.1, 0.15) is 27.4 Å². The van der Waals surface area contributed by atoms with E-state index in [2.05, 4.69) is 10.3 Å². The number of benzene rings is 3. The number of methoxy groups -OCH3 is 1. The van der Waals surface area contributed by atoms with E-state index in [4.69, 9.17) is 4.74 Å². The number of amides is 1. The molecule has 1 amide bonds. The second-order valence-electron chi connectivity index (χ2n) is 6.56. The summed E-state index contributed by atoms with van der Waals surface area (Å²) in [5, 5.41) is 2.82. The van der Waals surface area contributed by atoms with Crippen LogP contribution in [-0.2, 0) is 9.53 Å². The van der Waals surface area contributed by atoms with Gasteiger partial charge in [0, 0.05) is 5.69 Å². The van der Waals surface area contributed by atoms with Gasteiger partial charge in [0.2, 0.25) is 5.91 Å². The lowest BCUT2D eigenvalue weighted by Crippen LogP contribution is -2.21. The van der Waals surface area contributed by atoms with Gasteiger partial charge in [0.15, 0.2) is 0 Å². The SMILES string of the molecule is COC(=O)c1ccc2c(c1)NC(=O)C2C(=Nc1ccc(F)cc1)c1ccccc1. The molecule has 5 nitrogen and oxygen atoms in total. The maximum atomic E-state index is 13.3. The molecule has 4 rings (SSSR count). The Morgan fingerprint density at radius 1 is 1.00 bits per heavy atom. The molecule has 0 radical (unpaired) electrons. The van der Waals surface area contributed by atoms with Gasteiger partial charge in [0.05, 0.1) is 24.1 Å². The molecule has 1 aliphatic rings. The van der Waals surface area contributed by atoms with Gasteiger partial charge < -0.3 is 10.1 Å². The molecule has 1 unspecified atom stereocenters. The number of esters is 1. The van der Waals surface area contributed by atoms with Crippen LogP contribution in [0.2, 0.25) is 0 Å². The van der Waals surface area contributed by atoms with Gasteiger partial charge in [-0.25, -0.2) is 9.18 Å². The Bertz CT molecular complexity index is 1110. The van der Waals surface area contributed by atoms with Crippen molar-refractivity contribution in [2.75, 3.05) is 12.4 Å². The molecule has 1 heterocycles. The van der Waals surface area contributed by atoms with E-state index in [0.29, 0.717) is 28.2 Å². The highest BCUT2D eigenvalue weighted by Crippen LogP contribution is 2.37. The molecule has 1 N–H and O–H groups in total. The quantitative estimate of drug-likeness (QED) is 0.530. The molecular weight excluding hydrogens is 371 g/mol. The third-order valence-electron chi connectivity index (χ3n) is 4.72. The molecule has 0 bridgehead atoms. The average molecular weight is 388 g/mol. The molecule has 0 spiro atoms. The van der Waals surface area contributed by atoms with Crippen molar-refractivity contribution in [1.29, 1.82) is 0 Å². The van der Waals surface area contributed by atoms with Crippen molar-refractivity contribution < 1.29 is 18.7 Å². The third-order valence-corrected chi connectivity index (χ3v) is 4.72. The Balaban J connectivity index is 1.83. The van der Waals surface area contributed by atoms with Gasteiger partial charge in [-0.15, -0.1) is 0 Å². The minimum absolute atomic E-state index is 0.244. The zero-order chi connectivity index (χ0) is 20.4. The predicted molar refractivity (Wildman–Crippen MR) is 108 cm³/mol. The zero-order valence-corrected chi connectivity index (χ0v) is 15.6. The van der Waals surface area contributed by atoms with E-state index in [-0.39, 0.29) is 11.7 Å². The Morgan fingerprint density at radius 2 is 1.72 bits per heavy atom. The number of carbonyl (C=O) groups is 2. The van der Waals surface area contributed by atoms with Crippen LogP contribution in [0.15, 0.2) is 77.8 Å². The maximum absolute atomic E-state index is 13.3. The summed E-state index contributed by atoms with van der Waals surface area (Å²) in [6.45, 7) is 0. The van der Waals surface area contributed by atoms with E-state index in [1.807, 2.05) is 30.3 Å². The average Bonchev–Trinajstić information content (AvgIpc) is 3.08. The molecule has 0 saturated heterocycles. The summed E-state index contributed by atoms with van der Waals surface area (Å²) >= 11 is 0. The largest absolute Gasteiger partial charge is 0.465 e. The molecule has 3 aromatic rings. The predicted octanol–water partition coefficient (Wildman–Crippen LogP) is 4.47. The first-order valence-electron chi connectivity index (χ1n) is 8.99. The molecule has 1 atom stereocenters. The fourth-order valence-electron chi connectivity index (χ4n) is 3.34. The fraction of sp³-hybridized carbons (Fsp3) is 0.0870. The smallest absolute Gasteiger partial charge is 0.337 e. The van der Waals surface area contributed by atoms with Crippen molar-refractivity contribution in [1.82, 2.24) is 0 Å². The molecule has 0 aromatic heterocycles. The van der Waals surface area contributed by atoms with Crippen LogP contribution in [-0.4, -0.2) is 24.7 Å². The minimum Gasteiger partial charge on any atom is -0.465 e. The van der Waals surface area contributed by atoms with Crippen molar-refractivity contribution in [3.8, 4) is 0 Å². The second-order valence-corrected chi connectivity index (χ2v) is 6.56. The summed E-state index contributed by atoms with van der Waals surface area (Å²) in [6, 6.07) is 20.1. The number of hydrogen-bond donors (Lipinski definition) is 1. The number of nitrogens with zero attached hydrogens (tertiary/aromatic N) is 1. The number of aliphatic imine (C=N–C) groups is 1. The Labute approximate surface area is 166 Å². The number of ether oxygens (including phenoxy) is 1. The van der Waals surface area contributed by atoms with Gasteiger partial charge in [-0.1, -0.05) is 36.4 Å². The lowest BCUT2D eigenvalue weighted by Gasteiger charge is -2.14. The first-order chi connectivity index (χ1) is 14.1. The summed E-state index contributed by atoms with van der Waals surface area (Å²) < 4.78 is 18.0. The Morgan fingerprint density at radius 3 is 2.41 bits per heavy atom. The number of hydrogen-bond acceptors (Lipinski definition) is 4. The Hall–Kier alpha value is -3.80. The maximum Gasteiger partial charge on any atom is 0.337 e. The van der Waals surface area contributed by atoms with Crippen molar-refractivity contribution >= 4 is 29.0 Å². The lowest BCUT2D eigenvalue weighted by atomic mass is 9.90. The van der Waals surface area contributed by atoms with E-state index < -0.39 is 11.9 Å². The van der Waals surface area contributed by atoms with Gasteiger partial charge in [-0.05, 0) is 47.5 Å². The molecule has 1 aliphatic heterocycles. The molecule has 0 saturated carbocycles. The van der Waals surface area contributed by atoms with E-state index in [1.165, 1.54) is 19.2 Å². The van der Waals surface area contributed by atoms with Crippen molar-refractivity contribution in [2.45, 2.75) is 5.92 Å². The summed E-state index contributed by atoms with van der Waals surface area (Å²) in [5.74, 6) is -1.74. The number of rotatable bonds is 4. The number of halogens is 1. The van der Waals surface area contributed by atoms with Gasteiger partial charge in [0.1, 0.15) is 11.7 Å². The van der Waals surface area contributed by atoms with Crippen molar-refractivity contribution in [3.63, 3.8) is 0 Å². The van der Waals surface area contributed by atoms with Crippen LogP contribution in [0.4, 0.5) is 15.8 Å². The molecule has 3 aromatic carbocycles. The minimum atomic E-state index is -0.663. The van der Waals surface area contributed by atoms with Crippen molar-refractivity contribution in [3.05, 3.63) is 95.3 Å². The first kappa shape index (κ1) is 18.6. The van der Waals surface area contributed by atoms with E-state index >= 15 is 0 Å². The van der Waals surface area contributed by atoms with Crippen molar-refractivity contribution in [2.24, 2.45) is 4.99 Å². The highest BCUT2D eigenvalue weighted by Gasteiger charge is 2.35. The first-order valence-corrected chi connectivity index (χ1v) is 8.99. The van der Waals surface area contributed by atoms with Crippen LogP contribution < -0.4 is 5.32 Å². The number of carbonyl (C=O) groups excluding carboxylic acids is 2. The van der Waals surface area contributed by atoms with Crippen LogP contribution in [0, 0.1) is 5.82 Å². The standard InChI is InChI=1S/C23H17FN2O3/c1-29-23(28)15-7-12-18-19(13-15)26-22(27)20(18)21(14-5-3-2-4-6-14)25-17-10-8-16(24)9-11-17/h2-13,20H,1H3,(H,26,27). The van der Waals surface area contributed by atoms with E-state index in [0.717, 1.165) is 5.56 Å². The molecule has 6 heteroatoms. The highest BCUT2D eigenvalue weighted by molar-refractivity contribution is 6.24. The highest BCUT2D eigenvalue weighted by atomic mass is 19.1. The summed E-state index contributed by atoms with van der Waals surface area (Å²) in [7, 11) is 1.31. The van der Waals surface area contributed by atoms with Crippen LogP contribution in [0.3, 0.4) is 0 Å². The van der Waals surface area contributed by atoms with E-state index in [1.54, 1.807) is 30.3 Å². The summed E-state index contributed by atoms with van der Waals surface area (Å²) in [6.07, 6.45) is 0. The van der Waals surface area contributed by atoms with Gasteiger partial charge in [-0.3, -0.25) is 9.79 Å². The molecule has 29 heavy (non-hydrogen) atoms. The molecular formula is C23H17FN2O3. The summed E-state index contributed by atoms with van der Waals surface area (Å²) in [4.78, 5) is 29.4. The fourth-order valence-corrected chi connectivity index (χ4v) is 3.34. The third kappa shape index (κ3) is 3.65. The van der Waals surface area contributed by atoms with Crippen LogP contribution in [0.5, 0.6) is 0 Å². The van der Waals surface area contributed by atoms with Gasteiger partial charge >= 0.3 is 5.97 Å². The number of nitrogens with one attached hydrogen (secondary N) is 1. The topological polar surface area (TPSA) is 67.8 Å². The molecule has 144 valence electrons. The molecule has 0 fully saturated rings. The number of anilines is 1. The van der Waals surface area contributed by atoms with Crippen LogP contribution >= 0.6 is 0 Å². The normalized spacial score (nSPS) is 15.6. The lowest BCUT2D eigenvalue weighted by molar-refractivity contribution is -0.115. The van der Waals surface area contributed by atoms with Gasteiger partial charge in [-0.2, -0.15) is 0 Å². The second kappa shape index (κ2) is 7.67. The molecule has 0 aliphatic carbocycles. The van der Waals surface area contributed by atoms with Crippen LogP contribution in [0.25, 0.3) is 0 Å². The summed E-state index contributed by atoms with van der Waals surface area (Å²) in [5.41, 5.74) is 3.47. The van der Waals surface area contributed by atoms with E-state index in [9.17, 15) is 14.0 Å². The Kier molecular flexibility index (Phi) is 4.91. The number of fused-ring (bicyclic) bond motifs is 1. The monoisotopic (exact) mass is 388 g/mol. The van der Waals surface area contributed by atoms with Gasteiger partial charge in [0.25, 0.3) is 0 Å².